The van der Waals surface area contributed by atoms with E-state index in [-0.39, 0.29) is 30.6 Å². The number of imidazole rings is 2. The largest absolute Gasteiger partial charge is 0.384 e. The van der Waals surface area contributed by atoms with E-state index in [1.54, 1.807) is 0 Å². The third-order valence-electron chi connectivity index (χ3n) is 3.62. The van der Waals surface area contributed by atoms with E-state index in [2.05, 4.69) is 19.9 Å². The molecule has 4 aromatic rings. The Morgan fingerprint density at radius 3 is 2.21 bits per heavy atom. The van der Waals surface area contributed by atoms with Gasteiger partial charge >= 0.3 is 0 Å². The predicted molar refractivity (Wildman–Crippen MR) is 101 cm³/mol. The zero-order valence-electron chi connectivity index (χ0n) is 12.5. The Labute approximate surface area is 150 Å². The third kappa shape index (κ3) is 3.20. The first-order chi connectivity index (χ1) is 10.7. The maximum atomic E-state index is 7.48. The number of halogens is 2. The lowest BCUT2D eigenvalue weighted by Gasteiger charge is -1.95. The van der Waals surface area contributed by atoms with E-state index in [9.17, 15) is 0 Å². The molecular formula is C16H16Cl2N6. The maximum absolute atomic E-state index is 7.48. The molecule has 0 aliphatic heterocycles. The van der Waals surface area contributed by atoms with Crippen LogP contribution in [0.25, 0.3) is 22.1 Å². The average molecular weight is 363 g/mol. The van der Waals surface area contributed by atoms with Crippen LogP contribution in [-0.4, -0.2) is 25.8 Å². The van der Waals surface area contributed by atoms with Crippen molar-refractivity contribution in [2.45, 2.75) is 6.42 Å². The zero-order valence-corrected chi connectivity index (χ0v) is 14.2. The molecule has 0 radical (unpaired) electrons. The van der Waals surface area contributed by atoms with Crippen molar-refractivity contribution in [1.29, 1.82) is 5.41 Å². The van der Waals surface area contributed by atoms with Gasteiger partial charge < -0.3 is 15.7 Å². The molecule has 0 saturated carbocycles. The molecule has 0 fully saturated rings. The van der Waals surface area contributed by atoms with Gasteiger partial charge in [-0.25, -0.2) is 9.97 Å². The highest BCUT2D eigenvalue weighted by Crippen LogP contribution is 2.16. The van der Waals surface area contributed by atoms with E-state index in [1.165, 1.54) is 0 Å². The van der Waals surface area contributed by atoms with Gasteiger partial charge in [-0.15, -0.1) is 24.8 Å². The van der Waals surface area contributed by atoms with Crippen molar-refractivity contribution in [3.05, 3.63) is 59.7 Å². The van der Waals surface area contributed by atoms with Crippen molar-refractivity contribution in [3.8, 4) is 0 Å². The Hall–Kier alpha value is -2.57. The minimum atomic E-state index is 0. The normalized spacial score (nSPS) is 10.3. The van der Waals surface area contributed by atoms with Gasteiger partial charge in [-0.3, -0.25) is 5.41 Å². The summed E-state index contributed by atoms with van der Waals surface area (Å²) >= 11 is 0. The van der Waals surface area contributed by atoms with Crippen LogP contribution in [0.4, 0.5) is 0 Å². The Morgan fingerprint density at radius 1 is 0.917 bits per heavy atom. The standard InChI is InChI=1S/C16H14N6.2ClH/c17-16(18)9-5-6-12-13(7-9)22-15(21-12)8-14-19-10-3-1-2-4-11(10)20-14;;/h1-7H,8H2,(H3,17,18)(H,19,20)(H,21,22);2*1H. The second-order valence-electron chi connectivity index (χ2n) is 5.21. The fourth-order valence-corrected chi connectivity index (χ4v) is 2.56. The average Bonchev–Trinajstić information content (AvgIpc) is 3.08. The SMILES string of the molecule is Cl.Cl.N=C(N)c1ccc2[nH]c(Cc3nc4ccccc4[nH]3)nc2c1. The molecule has 6 nitrogen and oxygen atoms in total. The van der Waals surface area contributed by atoms with Crippen LogP contribution in [0.15, 0.2) is 42.5 Å². The summed E-state index contributed by atoms with van der Waals surface area (Å²) in [6.45, 7) is 0. The van der Waals surface area contributed by atoms with E-state index in [0.29, 0.717) is 12.0 Å². The summed E-state index contributed by atoms with van der Waals surface area (Å²) in [6, 6.07) is 13.5. The summed E-state index contributed by atoms with van der Waals surface area (Å²) in [6.07, 6.45) is 0.596. The van der Waals surface area contributed by atoms with Crippen molar-refractivity contribution < 1.29 is 0 Å². The Kier molecular flexibility index (Phi) is 5.11. The number of aromatic nitrogens is 4. The highest BCUT2D eigenvalue weighted by Gasteiger charge is 2.08. The lowest BCUT2D eigenvalue weighted by Crippen LogP contribution is -2.10. The summed E-state index contributed by atoms with van der Waals surface area (Å²) in [7, 11) is 0. The van der Waals surface area contributed by atoms with Crippen molar-refractivity contribution in [2.75, 3.05) is 0 Å². The van der Waals surface area contributed by atoms with Crippen molar-refractivity contribution in [2.24, 2.45) is 5.73 Å². The summed E-state index contributed by atoms with van der Waals surface area (Å²) in [5.41, 5.74) is 9.89. The molecule has 8 heteroatoms. The Bertz CT molecular complexity index is 971. The first-order valence-corrected chi connectivity index (χ1v) is 6.96. The molecule has 4 rings (SSSR count). The van der Waals surface area contributed by atoms with E-state index in [0.717, 1.165) is 33.7 Å². The number of nitrogen functional groups attached to an aromatic ring is 1. The number of nitrogens with zero attached hydrogens (tertiary/aromatic N) is 2. The van der Waals surface area contributed by atoms with Gasteiger partial charge in [0.2, 0.25) is 0 Å². The molecule has 0 aliphatic carbocycles. The van der Waals surface area contributed by atoms with Crippen LogP contribution >= 0.6 is 24.8 Å². The number of aromatic amines is 2. The fourth-order valence-electron chi connectivity index (χ4n) is 2.56. The first kappa shape index (κ1) is 17.8. The second-order valence-corrected chi connectivity index (χ2v) is 5.21. The number of hydrogen-bond acceptors (Lipinski definition) is 3. The molecule has 0 amide bonds. The number of rotatable bonds is 3. The van der Waals surface area contributed by atoms with Crippen molar-refractivity contribution >= 4 is 52.7 Å². The monoisotopic (exact) mass is 362 g/mol. The van der Waals surface area contributed by atoms with Gasteiger partial charge in [0.1, 0.15) is 17.5 Å². The van der Waals surface area contributed by atoms with E-state index in [1.807, 2.05) is 42.5 Å². The molecule has 0 atom stereocenters. The number of H-pyrrole nitrogens is 2. The number of amidine groups is 1. The molecule has 124 valence electrons. The topological polar surface area (TPSA) is 107 Å². The maximum Gasteiger partial charge on any atom is 0.122 e. The Balaban J connectivity index is 0.00000104. The smallest absolute Gasteiger partial charge is 0.122 e. The van der Waals surface area contributed by atoms with Gasteiger partial charge in [-0.2, -0.15) is 0 Å². The molecule has 0 spiro atoms. The molecule has 0 saturated heterocycles. The predicted octanol–water partition coefficient (Wildman–Crippen LogP) is 3.16. The van der Waals surface area contributed by atoms with E-state index in [4.69, 9.17) is 11.1 Å². The summed E-state index contributed by atoms with van der Waals surface area (Å²) in [5.74, 6) is 1.74. The molecule has 2 aromatic heterocycles. The van der Waals surface area contributed by atoms with Crippen LogP contribution in [-0.2, 0) is 6.42 Å². The molecule has 5 N–H and O–H groups in total. The van der Waals surface area contributed by atoms with Gasteiger partial charge in [-0.1, -0.05) is 12.1 Å². The second kappa shape index (κ2) is 6.90. The molecule has 24 heavy (non-hydrogen) atoms. The lowest BCUT2D eigenvalue weighted by atomic mass is 10.2. The number of fused-ring (bicyclic) bond motifs is 2. The minimum Gasteiger partial charge on any atom is -0.384 e. The number of nitrogens with one attached hydrogen (secondary N) is 3. The van der Waals surface area contributed by atoms with Gasteiger partial charge in [-0.05, 0) is 30.3 Å². The van der Waals surface area contributed by atoms with Crippen LogP contribution in [0.2, 0.25) is 0 Å². The summed E-state index contributed by atoms with van der Waals surface area (Å²) in [5, 5.41) is 7.48. The van der Waals surface area contributed by atoms with Crippen LogP contribution in [0.1, 0.15) is 17.2 Å². The zero-order chi connectivity index (χ0) is 15.1. The fraction of sp³-hybridized carbons (Fsp3) is 0.0625. The number of benzene rings is 2. The number of nitrogens with two attached hydrogens (primary N) is 1. The van der Waals surface area contributed by atoms with Gasteiger partial charge in [0.25, 0.3) is 0 Å². The Morgan fingerprint density at radius 2 is 1.54 bits per heavy atom. The summed E-state index contributed by atoms with van der Waals surface area (Å²) < 4.78 is 0. The van der Waals surface area contributed by atoms with Crippen molar-refractivity contribution in [1.82, 2.24) is 19.9 Å². The number of para-hydroxylation sites is 2. The van der Waals surface area contributed by atoms with E-state index >= 15 is 0 Å². The van der Waals surface area contributed by atoms with Gasteiger partial charge in [0, 0.05) is 5.56 Å². The molecule has 2 aromatic carbocycles. The minimum absolute atomic E-state index is 0. The van der Waals surface area contributed by atoms with Crippen LogP contribution in [0, 0.1) is 5.41 Å². The molecule has 0 aliphatic rings. The third-order valence-corrected chi connectivity index (χ3v) is 3.62. The number of hydrogen-bond donors (Lipinski definition) is 4. The van der Waals surface area contributed by atoms with Gasteiger partial charge in [0.15, 0.2) is 0 Å². The molecule has 0 unspecified atom stereocenters. The van der Waals surface area contributed by atoms with Gasteiger partial charge in [0.05, 0.1) is 28.5 Å². The molecule has 0 bridgehead atoms. The lowest BCUT2D eigenvalue weighted by molar-refractivity contribution is 0.960. The molecular weight excluding hydrogens is 347 g/mol. The van der Waals surface area contributed by atoms with Crippen LogP contribution in [0.3, 0.4) is 0 Å². The molecule has 2 heterocycles. The van der Waals surface area contributed by atoms with Crippen LogP contribution < -0.4 is 5.73 Å². The highest BCUT2D eigenvalue weighted by atomic mass is 35.5. The first-order valence-electron chi connectivity index (χ1n) is 6.96. The van der Waals surface area contributed by atoms with Crippen molar-refractivity contribution in [3.63, 3.8) is 0 Å². The van der Waals surface area contributed by atoms with E-state index < -0.39 is 0 Å². The summed E-state index contributed by atoms with van der Waals surface area (Å²) in [4.78, 5) is 15.7. The van der Waals surface area contributed by atoms with Crippen LogP contribution in [0.5, 0.6) is 0 Å². The quantitative estimate of drug-likeness (QED) is 0.332. The highest BCUT2D eigenvalue weighted by molar-refractivity contribution is 5.97.